The third kappa shape index (κ3) is 53.3. The van der Waals surface area contributed by atoms with Crippen molar-refractivity contribution in [2.75, 3.05) is 40.9 Å². The molecule has 0 aromatic heterocycles. The highest BCUT2D eigenvalue weighted by Crippen LogP contribution is 2.43. The van der Waals surface area contributed by atoms with Crippen LogP contribution in [0.2, 0.25) is 0 Å². The van der Waals surface area contributed by atoms with E-state index in [2.05, 4.69) is 38.2 Å². The van der Waals surface area contributed by atoms with E-state index in [9.17, 15) is 19.0 Å². The smallest absolute Gasteiger partial charge is 0.456 e. The largest absolute Gasteiger partial charge is 0.472 e. The minimum atomic E-state index is -4.44. The molecule has 0 aliphatic heterocycles. The number of likely N-dealkylation sites (N-methyl/N-ethyl adjacent to an activating group) is 1. The van der Waals surface area contributed by atoms with Crippen molar-refractivity contribution in [1.29, 1.82) is 0 Å². The van der Waals surface area contributed by atoms with Crippen LogP contribution in [0.1, 0.15) is 310 Å². The van der Waals surface area contributed by atoms with Gasteiger partial charge in [0.25, 0.3) is 0 Å². The van der Waals surface area contributed by atoms with Crippen molar-refractivity contribution in [2.24, 2.45) is 0 Å². The average Bonchev–Trinajstić information content (AvgIpc) is 3.34. The molecule has 0 aliphatic rings. The van der Waals surface area contributed by atoms with Gasteiger partial charge in [-0.05, 0) is 57.4 Å². The number of hydrogen-bond donors (Lipinski definition) is 2. The van der Waals surface area contributed by atoms with Gasteiger partial charge in [-0.1, -0.05) is 264 Å². The topological polar surface area (TPSA) is 111 Å². The number of rotatable bonds is 57. The summed E-state index contributed by atoms with van der Waals surface area (Å²) in [6.45, 7) is 7.04. The number of allylic oxidation sites excluding steroid dienone is 3. The van der Waals surface area contributed by atoms with Crippen LogP contribution in [0.4, 0.5) is 0 Å². The summed E-state index contributed by atoms with van der Waals surface area (Å²) in [5.74, 6) is -0.507. The number of unbranched alkanes of at least 4 members (excludes halogenated alkanes) is 39. The second-order valence-corrected chi connectivity index (χ2v) is 24.0. The van der Waals surface area contributed by atoms with Gasteiger partial charge in [0.1, 0.15) is 19.3 Å². The third-order valence-electron chi connectivity index (χ3n) is 14.1. The van der Waals surface area contributed by atoms with Crippen molar-refractivity contribution >= 4 is 19.7 Å². The number of hydrogen-bond acceptors (Lipinski definition) is 6. The molecule has 0 aromatic rings. The quantitative estimate of drug-likeness (QED) is 0.0205. The van der Waals surface area contributed by atoms with Crippen LogP contribution in [0.15, 0.2) is 24.3 Å². The molecule has 72 heavy (non-hydrogen) atoms. The molecule has 0 aliphatic carbocycles. The van der Waals surface area contributed by atoms with Crippen LogP contribution in [0, 0.1) is 0 Å². The molecule has 0 saturated heterocycles. The Kier molecular flexibility index (Phi) is 51.8. The number of ether oxygens (including phenoxy) is 1. The molecule has 1 amide bonds. The van der Waals surface area contributed by atoms with Crippen LogP contribution >= 0.6 is 7.82 Å². The van der Waals surface area contributed by atoms with Gasteiger partial charge in [-0.3, -0.25) is 18.6 Å². The number of amides is 1. The molecule has 0 fully saturated rings. The van der Waals surface area contributed by atoms with E-state index in [1.54, 1.807) is 0 Å². The van der Waals surface area contributed by atoms with Gasteiger partial charge in [0, 0.05) is 12.8 Å². The maximum absolute atomic E-state index is 13.5. The number of nitrogens with zero attached hydrogens (tertiary/aromatic N) is 1. The van der Waals surface area contributed by atoms with E-state index in [1.807, 2.05) is 33.3 Å². The SMILES string of the molecule is CCCCCCCCC/C=C\CCCCCC(=O)OC(/C=C/CCCCCCCCCCCCC)C(COP(=O)(O)OCC[N+](C)(C)C)NC(=O)CCCCCCCCCCCCCCCCCCCCC. The fourth-order valence-corrected chi connectivity index (χ4v) is 10.0. The third-order valence-corrected chi connectivity index (χ3v) is 15.1. The summed E-state index contributed by atoms with van der Waals surface area (Å²) < 4.78 is 30.7. The molecule has 0 saturated carbocycles. The van der Waals surface area contributed by atoms with Crippen LogP contribution in [0.5, 0.6) is 0 Å². The lowest BCUT2D eigenvalue weighted by Gasteiger charge is -2.27. The molecule has 10 heteroatoms. The summed E-state index contributed by atoms with van der Waals surface area (Å²) in [6, 6.07) is -0.848. The van der Waals surface area contributed by atoms with Gasteiger partial charge in [-0.25, -0.2) is 4.57 Å². The Bertz CT molecular complexity index is 1290. The number of nitrogens with one attached hydrogen (secondary N) is 1. The molecule has 3 unspecified atom stereocenters. The van der Waals surface area contributed by atoms with Gasteiger partial charge in [0.2, 0.25) is 5.91 Å². The molecule has 0 spiro atoms. The van der Waals surface area contributed by atoms with Crippen LogP contribution in [-0.4, -0.2) is 74.3 Å². The number of phosphoric acid groups is 1. The summed E-state index contributed by atoms with van der Waals surface area (Å²) in [4.78, 5) is 37.7. The standard InChI is InChI=1S/C62H121N2O7P/c1-7-10-13-16-19-22-25-28-30-31-32-33-34-36-39-42-45-48-51-54-61(65)63-59(58-70-72(67,68)69-57-56-64(4,5)6)60(53-50-47-44-41-38-35-27-24-21-18-15-12-9-3)71-62(66)55-52-49-46-43-40-37-29-26-23-20-17-14-11-8-2/h37,40,50,53,59-60H,7-36,38-39,41-49,51-52,54-58H2,1-6H3,(H-,63,65,67,68)/p+1/b40-37-,53-50+. The van der Waals surface area contributed by atoms with Crippen molar-refractivity contribution in [3.8, 4) is 0 Å². The second kappa shape index (κ2) is 52.9. The Morgan fingerprint density at radius 2 is 0.806 bits per heavy atom. The molecule has 426 valence electrons. The molecule has 0 rings (SSSR count). The normalized spacial score (nSPS) is 13.8. The van der Waals surface area contributed by atoms with Crippen LogP contribution in [-0.2, 0) is 27.9 Å². The molecule has 0 radical (unpaired) electrons. The second-order valence-electron chi connectivity index (χ2n) is 22.6. The zero-order chi connectivity index (χ0) is 52.9. The first kappa shape index (κ1) is 70.5. The highest BCUT2D eigenvalue weighted by molar-refractivity contribution is 7.47. The zero-order valence-corrected chi connectivity index (χ0v) is 49.6. The first-order valence-electron chi connectivity index (χ1n) is 31.2. The predicted molar refractivity (Wildman–Crippen MR) is 310 cm³/mol. The van der Waals surface area contributed by atoms with Crippen molar-refractivity contribution in [1.82, 2.24) is 5.32 Å². The van der Waals surface area contributed by atoms with Crippen molar-refractivity contribution in [3.63, 3.8) is 0 Å². The van der Waals surface area contributed by atoms with Crippen molar-refractivity contribution < 1.29 is 37.3 Å². The van der Waals surface area contributed by atoms with Gasteiger partial charge in [-0.15, -0.1) is 0 Å². The van der Waals surface area contributed by atoms with Gasteiger partial charge >= 0.3 is 13.8 Å². The van der Waals surface area contributed by atoms with Gasteiger partial charge in [-0.2, -0.15) is 0 Å². The Morgan fingerprint density at radius 3 is 1.19 bits per heavy atom. The Labute approximate surface area is 447 Å². The molecule has 0 bridgehead atoms. The molecule has 3 atom stereocenters. The molecular weight excluding hydrogens is 916 g/mol. The highest BCUT2D eigenvalue weighted by atomic mass is 31.2. The minimum Gasteiger partial charge on any atom is -0.456 e. The van der Waals surface area contributed by atoms with E-state index < -0.39 is 20.0 Å². The number of carbonyl (C=O) groups is 2. The predicted octanol–water partition coefficient (Wildman–Crippen LogP) is 18.9. The van der Waals surface area contributed by atoms with E-state index in [1.165, 1.54) is 205 Å². The van der Waals surface area contributed by atoms with E-state index in [0.717, 1.165) is 70.6 Å². The number of carbonyl (C=O) groups excluding carboxylic acids is 2. The first-order valence-corrected chi connectivity index (χ1v) is 32.7. The van der Waals surface area contributed by atoms with Crippen molar-refractivity contribution in [3.05, 3.63) is 24.3 Å². The van der Waals surface area contributed by atoms with E-state index in [-0.39, 0.29) is 31.5 Å². The first-order chi connectivity index (χ1) is 34.9. The van der Waals surface area contributed by atoms with Gasteiger partial charge in [0.05, 0.1) is 33.8 Å². The fourth-order valence-electron chi connectivity index (χ4n) is 9.29. The molecule has 2 N–H and O–H groups in total. The summed E-state index contributed by atoms with van der Waals surface area (Å²) >= 11 is 0. The monoisotopic (exact) mass is 1040 g/mol. The molecule has 0 aromatic carbocycles. The summed E-state index contributed by atoms with van der Waals surface area (Å²) in [7, 11) is 1.50. The Hall–Kier alpha value is -1.51. The molecular formula is C62H122N2O7P+. The average molecular weight is 1040 g/mol. The maximum atomic E-state index is 13.5. The lowest BCUT2D eigenvalue weighted by Crippen LogP contribution is -2.47. The number of phosphoric ester groups is 1. The molecule has 0 heterocycles. The number of esters is 1. The zero-order valence-electron chi connectivity index (χ0n) is 48.7. The van der Waals surface area contributed by atoms with Gasteiger partial charge in [0.15, 0.2) is 0 Å². The van der Waals surface area contributed by atoms with Crippen LogP contribution < -0.4 is 5.32 Å². The minimum absolute atomic E-state index is 0.0416. The Morgan fingerprint density at radius 1 is 0.472 bits per heavy atom. The summed E-state index contributed by atoms with van der Waals surface area (Å²) in [6.07, 6.45) is 61.7. The Balaban J connectivity index is 5.25. The van der Waals surface area contributed by atoms with Crippen molar-refractivity contribution in [2.45, 2.75) is 322 Å². The number of quaternary nitrogens is 1. The molecule has 9 nitrogen and oxygen atoms in total. The summed E-state index contributed by atoms with van der Waals surface area (Å²) in [5.41, 5.74) is 0. The summed E-state index contributed by atoms with van der Waals surface area (Å²) in [5, 5.41) is 3.06. The van der Waals surface area contributed by atoms with Gasteiger partial charge < -0.3 is 19.4 Å². The van der Waals surface area contributed by atoms with E-state index >= 15 is 0 Å². The highest BCUT2D eigenvalue weighted by Gasteiger charge is 2.30. The van der Waals surface area contributed by atoms with E-state index in [4.69, 9.17) is 13.8 Å². The lowest BCUT2D eigenvalue weighted by atomic mass is 10.0. The van der Waals surface area contributed by atoms with E-state index in [0.29, 0.717) is 17.4 Å². The fraction of sp³-hybridized carbons (Fsp3) is 0.903. The lowest BCUT2D eigenvalue weighted by molar-refractivity contribution is -0.870. The van der Waals surface area contributed by atoms with Crippen LogP contribution in [0.3, 0.4) is 0 Å². The maximum Gasteiger partial charge on any atom is 0.472 e. The van der Waals surface area contributed by atoms with Crippen LogP contribution in [0.25, 0.3) is 0 Å².